The molecule has 7 nitrogen and oxygen atoms in total. The average Bonchev–Trinajstić information content (AvgIpc) is 3.10. The van der Waals surface area contributed by atoms with Crippen LogP contribution < -0.4 is 10.6 Å². The normalized spacial score (nSPS) is 29.9. The number of hydrogen-bond donors (Lipinski definition) is 3. The van der Waals surface area contributed by atoms with Crippen molar-refractivity contribution in [3.05, 3.63) is 30.1 Å². The molecule has 7 heteroatoms. The third-order valence-electron chi connectivity index (χ3n) is 7.09. The number of nitrogens with zero attached hydrogens (tertiary/aromatic N) is 2. The second-order valence-corrected chi connectivity index (χ2v) is 9.39. The number of carbonyl (C=O) groups is 2. The summed E-state index contributed by atoms with van der Waals surface area (Å²) in [6.07, 6.45) is 9.95. The third-order valence-corrected chi connectivity index (χ3v) is 7.09. The van der Waals surface area contributed by atoms with Crippen LogP contribution >= 0.6 is 0 Å². The zero-order valence-corrected chi connectivity index (χ0v) is 16.6. The zero-order valence-electron chi connectivity index (χ0n) is 16.6. The number of carbonyl (C=O) groups excluding carboxylic acids is 2. The molecule has 2 heterocycles. The minimum atomic E-state index is -0.339. The van der Waals surface area contributed by atoms with Gasteiger partial charge in [0.2, 0.25) is 5.91 Å². The predicted octanol–water partition coefficient (Wildman–Crippen LogP) is 2.60. The van der Waals surface area contributed by atoms with Gasteiger partial charge in [0.05, 0.1) is 6.61 Å². The molecule has 4 bridgehead atoms. The molecule has 4 aliphatic rings. The number of rotatable bonds is 6. The first kappa shape index (κ1) is 18.6. The molecular formula is C22H28N4O3. The number of fused-ring (bicyclic) bond motifs is 1. The minimum absolute atomic E-state index is 0.0550. The van der Waals surface area contributed by atoms with Crippen molar-refractivity contribution in [1.29, 1.82) is 0 Å². The van der Waals surface area contributed by atoms with Crippen molar-refractivity contribution in [1.82, 2.24) is 14.7 Å². The Bertz CT molecular complexity index is 915. The highest BCUT2D eigenvalue weighted by Crippen LogP contribution is 2.61. The van der Waals surface area contributed by atoms with Crippen LogP contribution in [0.1, 0.15) is 55.4 Å². The van der Waals surface area contributed by atoms with Crippen LogP contribution in [0.5, 0.6) is 0 Å². The highest BCUT2D eigenvalue weighted by atomic mass is 16.3. The molecule has 0 radical (unpaired) electrons. The maximum absolute atomic E-state index is 13.0. The lowest BCUT2D eigenvalue weighted by Gasteiger charge is -2.56. The number of amides is 2. The molecule has 2 aromatic heterocycles. The largest absolute Gasteiger partial charge is 0.395 e. The van der Waals surface area contributed by atoms with E-state index in [1.165, 1.54) is 38.5 Å². The van der Waals surface area contributed by atoms with E-state index in [0.29, 0.717) is 17.9 Å². The summed E-state index contributed by atoms with van der Waals surface area (Å²) in [4.78, 5) is 29.4. The Kier molecular flexibility index (Phi) is 4.57. The minimum Gasteiger partial charge on any atom is -0.395 e. The molecule has 0 atom stereocenters. The number of nitrogens with one attached hydrogen (secondary N) is 2. The summed E-state index contributed by atoms with van der Waals surface area (Å²) < 4.78 is 1.74. The number of hydrogen-bond acceptors (Lipinski definition) is 4. The fourth-order valence-corrected chi connectivity index (χ4v) is 6.52. The first-order chi connectivity index (χ1) is 14.0. The van der Waals surface area contributed by atoms with Crippen molar-refractivity contribution in [2.45, 2.75) is 44.9 Å². The number of aliphatic hydroxyl groups excluding tert-OH is 1. The Balaban J connectivity index is 1.32. The maximum atomic E-state index is 13.0. The molecule has 29 heavy (non-hydrogen) atoms. The molecule has 154 valence electrons. The van der Waals surface area contributed by atoms with Crippen molar-refractivity contribution in [2.75, 3.05) is 18.5 Å². The van der Waals surface area contributed by atoms with Crippen LogP contribution in [0.4, 0.5) is 5.82 Å². The van der Waals surface area contributed by atoms with Gasteiger partial charge in [-0.15, -0.1) is 0 Å². The first-order valence-electron chi connectivity index (χ1n) is 10.7. The summed E-state index contributed by atoms with van der Waals surface area (Å²) in [6, 6.07) is 5.47. The highest BCUT2D eigenvalue weighted by molar-refractivity contribution is 5.94. The van der Waals surface area contributed by atoms with Crippen LogP contribution in [0.3, 0.4) is 0 Å². The van der Waals surface area contributed by atoms with Crippen LogP contribution in [0.2, 0.25) is 0 Å². The van der Waals surface area contributed by atoms with Gasteiger partial charge in [-0.1, -0.05) is 6.07 Å². The van der Waals surface area contributed by atoms with Gasteiger partial charge >= 0.3 is 0 Å². The number of aromatic nitrogens is 2. The van der Waals surface area contributed by atoms with E-state index in [4.69, 9.17) is 5.11 Å². The van der Waals surface area contributed by atoms with Crippen molar-refractivity contribution in [2.24, 2.45) is 23.2 Å². The van der Waals surface area contributed by atoms with E-state index >= 15 is 0 Å². The summed E-state index contributed by atoms with van der Waals surface area (Å²) in [5.41, 5.74) is 1.06. The van der Waals surface area contributed by atoms with E-state index in [2.05, 4.69) is 15.6 Å². The molecule has 0 aliphatic heterocycles. The van der Waals surface area contributed by atoms with Crippen LogP contribution in [0.25, 0.3) is 5.65 Å². The van der Waals surface area contributed by atoms with E-state index in [-0.39, 0.29) is 36.1 Å². The summed E-state index contributed by atoms with van der Waals surface area (Å²) in [7, 11) is 0. The second-order valence-electron chi connectivity index (χ2n) is 9.39. The van der Waals surface area contributed by atoms with Gasteiger partial charge in [0.15, 0.2) is 0 Å². The highest BCUT2D eigenvalue weighted by Gasteiger charge is 2.51. The molecule has 4 saturated carbocycles. The average molecular weight is 396 g/mol. The van der Waals surface area contributed by atoms with Gasteiger partial charge in [-0.2, -0.15) is 0 Å². The first-order valence-corrected chi connectivity index (χ1v) is 10.7. The van der Waals surface area contributed by atoms with Gasteiger partial charge in [-0.25, -0.2) is 4.98 Å². The van der Waals surface area contributed by atoms with Gasteiger partial charge in [-0.05, 0) is 73.8 Å². The van der Waals surface area contributed by atoms with Gasteiger partial charge in [-0.3, -0.25) is 14.0 Å². The molecule has 4 aliphatic carbocycles. The Hall–Kier alpha value is -2.41. The lowest BCUT2D eigenvalue weighted by molar-refractivity contribution is -0.124. The van der Waals surface area contributed by atoms with Crippen LogP contribution in [-0.2, 0) is 4.79 Å². The summed E-state index contributed by atoms with van der Waals surface area (Å²) >= 11 is 0. The van der Waals surface area contributed by atoms with E-state index in [9.17, 15) is 9.59 Å². The second kappa shape index (κ2) is 7.13. The SMILES string of the molecule is O=C(CC12CC3CC(CC(C3)C1)C2)Nc1cccc2nc(C(=O)NCCO)cn12. The Labute approximate surface area is 169 Å². The van der Waals surface area contributed by atoms with Crippen molar-refractivity contribution in [3.63, 3.8) is 0 Å². The monoisotopic (exact) mass is 396 g/mol. The van der Waals surface area contributed by atoms with E-state index in [0.717, 1.165) is 17.8 Å². The molecule has 4 fully saturated rings. The number of anilines is 1. The van der Waals surface area contributed by atoms with E-state index < -0.39 is 0 Å². The van der Waals surface area contributed by atoms with Crippen molar-refractivity contribution >= 4 is 23.3 Å². The molecule has 2 aromatic rings. The number of imidazole rings is 1. The number of pyridine rings is 1. The van der Waals surface area contributed by atoms with E-state index in [1.807, 2.05) is 12.1 Å². The van der Waals surface area contributed by atoms with Crippen LogP contribution in [0.15, 0.2) is 24.4 Å². The lowest BCUT2D eigenvalue weighted by atomic mass is 9.49. The van der Waals surface area contributed by atoms with Crippen molar-refractivity contribution < 1.29 is 14.7 Å². The fourth-order valence-electron chi connectivity index (χ4n) is 6.52. The molecule has 2 amide bonds. The number of aliphatic hydroxyl groups is 1. The third kappa shape index (κ3) is 3.52. The molecule has 0 spiro atoms. The maximum Gasteiger partial charge on any atom is 0.271 e. The fraction of sp³-hybridized carbons (Fsp3) is 0.591. The quantitative estimate of drug-likeness (QED) is 0.699. The van der Waals surface area contributed by atoms with Gasteiger partial charge in [0, 0.05) is 19.2 Å². The predicted molar refractivity (Wildman–Crippen MR) is 108 cm³/mol. The molecule has 0 unspecified atom stereocenters. The van der Waals surface area contributed by atoms with E-state index in [1.54, 1.807) is 16.7 Å². The molecule has 6 rings (SSSR count). The zero-order chi connectivity index (χ0) is 20.0. The van der Waals surface area contributed by atoms with Gasteiger partial charge < -0.3 is 15.7 Å². The van der Waals surface area contributed by atoms with Crippen LogP contribution in [0, 0.1) is 23.2 Å². The summed E-state index contributed by atoms with van der Waals surface area (Å²) in [5.74, 6) is 2.82. The van der Waals surface area contributed by atoms with Gasteiger partial charge in [0.1, 0.15) is 17.2 Å². The summed E-state index contributed by atoms with van der Waals surface area (Å²) in [6.45, 7) is 0.0616. The van der Waals surface area contributed by atoms with Gasteiger partial charge in [0.25, 0.3) is 5.91 Å². The standard InChI is InChI=1S/C22H28N4O3/c27-5-4-23-21(29)17-13-26-18(24-17)2-1-3-19(26)25-20(28)12-22-9-14-6-15(10-22)8-16(7-14)11-22/h1-3,13-16,27H,4-12H2,(H,23,29)(H,25,28). The molecular weight excluding hydrogens is 368 g/mol. The van der Waals surface area contributed by atoms with Crippen molar-refractivity contribution in [3.8, 4) is 0 Å². The van der Waals surface area contributed by atoms with Crippen LogP contribution in [-0.4, -0.2) is 39.5 Å². The Morgan fingerprint density at radius 2 is 1.83 bits per heavy atom. The molecule has 0 aromatic carbocycles. The topological polar surface area (TPSA) is 95.7 Å². The smallest absolute Gasteiger partial charge is 0.271 e. The lowest BCUT2D eigenvalue weighted by Crippen LogP contribution is -2.47. The summed E-state index contributed by atoms with van der Waals surface area (Å²) in [5, 5.41) is 14.5. The Morgan fingerprint density at radius 3 is 2.48 bits per heavy atom. The Morgan fingerprint density at radius 1 is 1.14 bits per heavy atom. The molecule has 0 saturated heterocycles. The molecule has 3 N–H and O–H groups in total.